The van der Waals surface area contributed by atoms with Gasteiger partial charge >= 0.3 is 0 Å². The fourth-order valence-corrected chi connectivity index (χ4v) is 3.88. The van der Waals surface area contributed by atoms with Crippen LogP contribution in [0.5, 0.6) is 0 Å². The number of nitrogens with two attached hydrogens (primary N) is 1. The molecule has 28 heavy (non-hydrogen) atoms. The average Bonchev–Trinajstić information content (AvgIpc) is 2.68. The number of hydrogen-bond donors (Lipinski definition) is 3. The zero-order valence-corrected chi connectivity index (χ0v) is 16.7. The van der Waals surface area contributed by atoms with Gasteiger partial charge in [-0.2, -0.15) is 0 Å². The Morgan fingerprint density at radius 3 is 2.50 bits per heavy atom. The van der Waals surface area contributed by atoms with E-state index in [0.717, 1.165) is 22.3 Å². The predicted molar refractivity (Wildman–Crippen MR) is 112 cm³/mol. The van der Waals surface area contributed by atoms with Crippen LogP contribution in [0.3, 0.4) is 0 Å². The molecule has 3 aromatic rings. The standard InChI is InChI=1S/C20H25N5O2S/c1-15-7-9-16(10-8-15)28(26,27)23-14-4-13-22-20-17-5-2-3-6-18(17)24-19(25-20)11-12-21/h2-3,5-10,23H,4,11-14,21H2,1H3,(H,22,24,25). The molecule has 0 bridgehead atoms. The number of rotatable bonds is 9. The van der Waals surface area contributed by atoms with Gasteiger partial charge in [0, 0.05) is 24.9 Å². The first kappa shape index (κ1) is 20.2. The van der Waals surface area contributed by atoms with E-state index < -0.39 is 10.0 Å². The Kier molecular flexibility index (Phi) is 6.56. The maximum Gasteiger partial charge on any atom is 0.240 e. The summed E-state index contributed by atoms with van der Waals surface area (Å²) < 4.78 is 27.2. The van der Waals surface area contributed by atoms with Gasteiger partial charge in [0.1, 0.15) is 11.6 Å². The molecule has 0 radical (unpaired) electrons. The molecule has 1 heterocycles. The number of anilines is 1. The molecule has 8 heteroatoms. The number of hydrogen-bond acceptors (Lipinski definition) is 6. The molecule has 7 nitrogen and oxygen atoms in total. The Labute approximate surface area is 165 Å². The van der Waals surface area contributed by atoms with Crippen LogP contribution in [-0.4, -0.2) is 38.0 Å². The number of aryl methyl sites for hydroxylation is 1. The largest absolute Gasteiger partial charge is 0.369 e. The Balaban J connectivity index is 1.58. The van der Waals surface area contributed by atoms with Crippen LogP contribution in [0.15, 0.2) is 53.4 Å². The van der Waals surface area contributed by atoms with E-state index in [1.54, 1.807) is 24.3 Å². The molecule has 148 valence electrons. The summed E-state index contributed by atoms with van der Waals surface area (Å²) in [5.41, 5.74) is 7.51. The fourth-order valence-electron chi connectivity index (χ4n) is 2.80. The molecule has 0 amide bonds. The van der Waals surface area contributed by atoms with E-state index in [-0.39, 0.29) is 4.90 Å². The van der Waals surface area contributed by atoms with E-state index in [0.29, 0.717) is 38.3 Å². The number of nitrogens with one attached hydrogen (secondary N) is 2. The van der Waals surface area contributed by atoms with Gasteiger partial charge in [-0.3, -0.25) is 0 Å². The summed E-state index contributed by atoms with van der Waals surface area (Å²) in [4.78, 5) is 9.35. The maximum atomic E-state index is 12.3. The first-order valence-corrected chi connectivity index (χ1v) is 10.7. The van der Waals surface area contributed by atoms with Crippen molar-refractivity contribution in [3.8, 4) is 0 Å². The molecule has 0 aliphatic heterocycles. The quantitative estimate of drug-likeness (QED) is 0.476. The monoisotopic (exact) mass is 399 g/mol. The minimum absolute atomic E-state index is 0.277. The van der Waals surface area contributed by atoms with E-state index in [2.05, 4.69) is 20.0 Å². The molecule has 0 aliphatic carbocycles. The van der Waals surface area contributed by atoms with E-state index >= 15 is 0 Å². The zero-order valence-electron chi connectivity index (χ0n) is 15.9. The Morgan fingerprint density at radius 1 is 1.00 bits per heavy atom. The van der Waals surface area contributed by atoms with Crippen molar-refractivity contribution in [3.63, 3.8) is 0 Å². The molecule has 0 unspecified atom stereocenters. The number of nitrogens with zero attached hydrogens (tertiary/aromatic N) is 2. The van der Waals surface area contributed by atoms with Crippen molar-refractivity contribution in [1.82, 2.24) is 14.7 Å². The van der Waals surface area contributed by atoms with Gasteiger partial charge in [0.05, 0.1) is 10.4 Å². The highest BCUT2D eigenvalue weighted by molar-refractivity contribution is 7.89. The highest BCUT2D eigenvalue weighted by Crippen LogP contribution is 2.20. The van der Waals surface area contributed by atoms with Crippen molar-refractivity contribution < 1.29 is 8.42 Å². The van der Waals surface area contributed by atoms with Gasteiger partial charge < -0.3 is 11.1 Å². The predicted octanol–water partition coefficient (Wildman–Crippen LogP) is 2.22. The Morgan fingerprint density at radius 2 is 1.75 bits per heavy atom. The second kappa shape index (κ2) is 9.09. The summed E-state index contributed by atoms with van der Waals surface area (Å²) in [5, 5.41) is 4.23. The highest BCUT2D eigenvalue weighted by Gasteiger charge is 2.12. The van der Waals surface area contributed by atoms with Crippen LogP contribution in [0.25, 0.3) is 10.9 Å². The summed E-state index contributed by atoms with van der Waals surface area (Å²) in [5.74, 6) is 1.44. The van der Waals surface area contributed by atoms with E-state index in [1.807, 2.05) is 31.2 Å². The topological polar surface area (TPSA) is 110 Å². The molecular formula is C20H25N5O2S. The number of para-hydroxylation sites is 1. The van der Waals surface area contributed by atoms with Crippen LogP contribution in [-0.2, 0) is 16.4 Å². The zero-order chi connectivity index (χ0) is 20.0. The minimum atomic E-state index is -3.49. The summed E-state index contributed by atoms with van der Waals surface area (Å²) in [6, 6.07) is 14.6. The lowest BCUT2D eigenvalue weighted by Crippen LogP contribution is -2.26. The summed E-state index contributed by atoms with van der Waals surface area (Å²) >= 11 is 0. The summed E-state index contributed by atoms with van der Waals surface area (Å²) in [6.07, 6.45) is 1.23. The van der Waals surface area contributed by atoms with Crippen LogP contribution >= 0.6 is 0 Å². The van der Waals surface area contributed by atoms with Crippen molar-refractivity contribution in [2.24, 2.45) is 5.73 Å². The van der Waals surface area contributed by atoms with Crippen LogP contribution in [0.2, 0.25) is 0 Å². The minimum Gasteiger partial charge on any atom is -0.369 e. The molecule has 0 saturated carbocycles. The third-order valence-electron chi connectivity index (χ3n) is 4.29. The van der Waals surface area contributed by atoms with E-state index in [9.17, 15) is 8.42 Å². The molecule has 0 fully saturated rings. The number of fused-ring (bicyclic) bond motifs is 1. The van der Waals surface area contributed by atoms with Gasteiger partial charge in [-0.15, -0.1) is 0 Å². The van der Waals surface area contributed by atoms with Gasteiger partial charge in [0.15, 0.2) is 0 Å². The lowest BCUT2D eigenvalue weighted by Gasteiger charge is -2.11. The Bertz CT molecular complexity index is 1040. The normalized spacial score (nSPS) is 11.6. The molecular weight excluding hydrogens is 374 g/mol. The van der Waals surface area contributed by atoms with Crippen LogP contribution in [0, 0.1) is 6.92 Å². The van der Waals surface area contributed by atoms with Crippen LogP contribution < -0.4 is 15.8 Å². The lowest BCUT2D eigenvalue weighted by atomic mass is 10.2. The maximum absolute atomic E-state index is 12.3. The first-order chi connectivity index (χ1) is 13.5. The summed E-state index contributed by atoms with van der Waals surface area (Å²) in [6.45, 7) is 3.32. The molecule has 3 rings (SSSR count). The van der Waals surface area contributed by atoms with Gasteiger partial charge in [0.25, 0.3) is 0 Å². The number of benzene rings is 2. The van der Waals surface area contributed by atoms with Gasteiger partial charge in [-0.1, -0.05) is 29.8 Å². The third kappa shape index (κ3) is 5.03. The molecule has 0 spiro atoms. The molecule has 0 aliphatic rings. The molecule has 4 N–H and O–H groups in total. The molecule has 0 atom stereocenters. The van der Waals surface area contributed by atoms with Crippen molar-refractivity contribution in [2.45, 2.75) is 24.7 Å². The first-order valence-electron chi connectivity index (χ1n) is 9.25. The fraction of sp³-hybridized carbons (Fsp3) is 0.300. The van der Waals surface area contributed by atoms with Crippen molar-refractivity contribution in [3.05, 3.63) is 59.9 Å². The second-order valence-electron chi connectivity index (χ2n) is 6.54. The van der Waals surface area contributed by atoms with Crippen LogP contribution in [0.4, 0.5) is 5.82 Å². The van der Waals surface area contributed by atoms with Gasteiger partial charge in [0.2, 0.25) is 10.0 Å². The third-order valence-corrected chi connectivity index (χ3v) is 5.76. The van der Waals surface area contributed by atoms with Gasteiger partial charge in [-0.05, 0) is 44.2 Å². The van der Waals surface area contributed by atoms with Crippen molar-refractivity contribution in [2.75, 3.05) is 25.0 Å². The molecule has 0 saturated heterocycles. The highest BCUT2D eigenvalue weighted by atomic mass is 32.2. The number of sulfonamides is 1. The smallest absolute Gasteiger partial charge is 0.240 e. The van der Waals surface area contributed by atoms with E-state index in [1.165, 1.54) is 0 Å². The van der Waals surface area contributed by atoms with Crippen molar-refractivity contribution >= 4 is 26.7 Å². The van der Waals surface area contributed by atoms with E-state index in [4.69, 9.17) is 5.73 Å². The SMILES string of the molecule is Cc1ccc(S(=O)(=O)NCCCNc2nc(CCN)nc3ccccc23)cc1. The Hall–Kier alpha value is -2.55. The second-order valence-corrected chi connectivity index (χ2v) is 8.30. The van der Waals surface area contributed by atoms with Crippen molar-refractivity contribution in [1.29, 1.82) is 0 Å². The van der Waals surface area contributed by atoms with Crippen LogP contribution in [0.1, 0.15) is 17.8 Å². The molecule has 1 aromatic heterocycles. The van der Waals surface area contributed by atoms with Gasteiger partial charge in [-0.25, -0.2) is 23.1 Å². The summed E-state index contributed by atoms with van der Waals surface area (Å²) in [7, 11) is -3.49. The molecule has 2 aromatic carbocycles. The lowest BCUT2D eigenvalue weighted by molar-refractivity contribution is 0.580. The average molecular weight is 400 g/mol. The number of aromatic nitrogens is 2.